The van der Waals surface area contributed by atoms with Gasteiger partial charge in [0.25, 0.3) is 0 Å². The molecule has 2 aliphatic heterocycles. The smallest absolute Gasteiger partial charge is 0.201 e. The number of aliphatic hydroxyl groups excluding tert-OH is 3. The Kier molecular flexibility index (Phi) is 16.5. The van der Waals surface area contributed by atoms with Crippen LogP contribution in [0.5, 0.6) is 23.0 Å². The SMILES string of the molecule is CC(C)[C@@H]1CSSC[C@@H]([C@H]2Cc3c4cc(c(OCNCCCc5ccccc5)c3O[C@@H]2O)CC#Cc2c(ccc(O)c2OCO)CCC(=O)C[C@H](O)CC4)CN=C(N)N1. The van der Waals surface area contributed by atoms with Gasteiger partial charge >= 0.3 is 0 Å². The summed E-state index contributed by atoms with van der Waals surface area (Å²) in [7, 11) is 3.56. The van der Waals surface area contributed by atoms with Crippen molar-refractivity contribution in [3.63, 3.8) is 0 Å². The zero-order valence-electron chi connectivity index (χ0n) is 34.0. The lowest BCUT2D eigenvalue weighted by molar-refractivity contribution is -0.121. The van der Waals surface area contributed by atoms with E-state index in [9.17, 15) is 25.2 Å². The van der Waals surface area contributed by atoms with Crippen LogP contribution in [0, 0.1) is 29.6 Å². The van der Waals surface area contributed by atoms with Gasteiger partial charge in [0.1, 0.15) is 12.5 Å². The number of ketones is 1. The number of carbonyl (C=O) groups is 1. The molecule has 0 unspecified atom stereocenters. The third kappa shape index (κ3) is 12.2. The summed E-state index contributed by atoms with van der Waals surface area (Å²) in [6.07, 6.45) is 1.78. The van der Waals surface area contributed by atoms with Gasteiger partial charge < -0.3 is 45.7 Å². The van der Waals surface area contributed by atoms with Crippen LogP contribution in [-0.4, -0.2) is 88.7 Å². The Morgan fingerprint density at radius 1 is 1.02 bits per heavy atom. The quantitative estimate of drug-likeness (QED) is 0.0600. The van der Waals surface area contributed by atoms with Gasteiger partial charge in [0.05, 0.1) is 11.7 Å². The van der Waals surface area contributed by atoms with E-state index in [2.05, 4.69) is 48.5 Å². The summed E-state index contributed by atoms with van der Waals surface area (Å²) < 4.78 is 18.5. The van der Waals surface area contributed by atoms with E-state index in [1.54, 1.807) is 27.7 Å². The number of aliphatic hydroxyl groups is 3. The fraction of sp³-hybridized carbons (Fsp3) is 0.511. The van der Waals surface area contributed by atoms with Gasteiger partial charge in [-0.2, -0.15) is 0 Å². The van der Waals surface area contributed by atoms with E-state index in [-0.39, 0.29) is 61.2 Å². The number of nitrogens with two attached hydrogens (primary N) is 1. The Morgan fingerprint density at radius 3 is 2.63 bits per heavy atom. The number of benzene rings is 3. The lowest BCUT2D eigenvalue weighted by atomic mass is 9.81. The van der Waals surface area contributed by atoms with E-state index >= 15 is 0 Å². The lowest BCUT2D eigenvalue weighted by Gasteiger charge is -2.37. The van der Waals surface area contributed by atoms with Crippen LogP contribution in [0.25, 0.3) is 0 Å². The molecule has 318 valence electrons. The van der Waals surface area contributed by atoms with Crippen molar-refractivity contribution in [1.29, 1.82) is 0 Å². The molecule has 59 heavy (non-hydrogen) atoms. The number of aliphatic imine (C=N–C) groups is 1. The highest BCUT2D eigenvalue weighted by Gasteiger charge is 2.38. The summed E-state index contributed by atoms with van der Waals surface area (Å²) >= 11 is 0. The monoisotopic (exact) mass is 846 g/mol. The van der Waals surface area contributed by atoms with E-state index in [0.717, 1.165) is 41.0 Å². The Hall–Kier alpha value is -4.10. The first kappa shape index (κ1) is 44.5. The molecule has 0 amide bonds. The van der Waals surface area contributed by atoms with E-state index in [0.29, 0.717) is 73.3 Å². The van der Waals surface area contributed by atoms with Gasteiger partial charge in [-0.05, 0) is 79.7 Å². The Bertz CT molecular complexity index is 1970. The highest BCUT2D eigenvalue weighted by Crippen LogP contribution is 2.46. The largest absolute Gasteiger partial charge is 0.504 e. The van der Waals surface area contributed by atoms with Gasteiger partial charge in [-0.25, -0.2) is 0 Å². The Labute approximate surface area is 355 Å². The number of aryl methyl sites for hydroxylation is 3. The van der Waals surface area contributed by atoms with Crippen molar-refractivity contribution < 1.29 is 39.4 Å². The summed E-state index contributed by atoms with van der Waals surface area (Å²) in [4.78, 5) is 17.9. The molecule has 14 heteroatoms. The van der Waals surface area contributed by atoms with Crippen LogP contribution in [0.1, 0.15) is 72.9 Å². The summed E-state index contributed by atoms with van der Waals surface area (Å²) in [5.74, 6) is 9.08. The van der Waals surface area contributed by atoms with Gasteiger partial charge in [-0.15, -0.1) is 0 Å². The van der Waals surface area contributed by atoms with E-state index < -0.39 is 19.2 Å². The average molecular weight is 847 g/mol. The summed E-state index contributed by atoms with van der Waals surface area (Å²) in [5, 5.41) is 50.0. The van der Waals surface area contributed by atoms with Crippen LogP contribution in [0.2, 0.25) is 0 Å². The topological polar surface area (TPSA) is 188 Å². The summed E-state index contributed by atoms with van der Waals surface area (Å²) in [5.41, 5.74) is 11.2. The fourth-order valence-electron chi connectivity index (χ4n) is 7.73. The first-order valence-corrected chi connectivity index (χ1v) is 23.1. The second-order valence-corrected chi connectivity index (χ2v) is 18.3. The number of hydrogen-bond acceptors (Lipinski definition) is 14. The van der Waals surface area contributed by atoms with Crippen molar-refractivity contribution in [2.24, 2.45) is 28.5 Å². The van der Waals surface area contributed by atoms with Crippen LogP contribution in [0.15, 0.2) is 53.5 Å². The van der Waals surface area contributed by atoms with Crippen LogP contribution in [0.3, 0.4) is 0 Å². The molecule has 3 aliphatic rings. The van der Waals surface area contributed by atoms with Crippen molar-refractivity contribution in [1.82, 2.24) is 10.6 Å². The van der Waals surface area contributed by atoms with Crippen molar-refractivity contribution in [3.8, 4) is 34.8 Å². The van der Waals surface area contributed by atoms with Crippen LogP contribution >= 0.6 is 21.6 Å². The molecule has 3 aromatic carbocycles. The third-order valence-corrected chi connectivity index (χ3v) is 13.7. The number of rotatable bonds is 11. The zero-order valence-corrected chi connectivity index (χ0v) is 35.6. The lowest BCUT2D eigenvalue weighted by Crippen LogP contribution is -2.45. The highest BCUT2D eigenvalue weighted by molar-refractivity contribution is 8.76. The molecule has 0 aromatic heterocycles. The first-order chi connectivity index (χ1) is 28.6. The van der Waals surface area contributed by atoms with E-state index in [4.69, 9.17) is 24.9 Å². The maximum atomic E-state index is 13.1. The summed E-state index contributed by atoms with van der Waals surface area (Å²) in [6, 6.07) is 15.7. The molecule has 3 aromatic rings. The first-order valence-electron chi connectivity index (χ1n) is 20.6. The standard InChI is InChI=1S/C45H58N4O8S2/c1-28(2)39-25-59-58-24-33(23-48-45(46)49-39)38-22-37-31-14-17-35(52)21-34(51)16-13-30-15-18-40(53)42(56-27-50)36(30)12-6-11-32(20-31)41(43(37)57-44(38)54)55-26-47-19-7-10-29-8-4-3-5-9-29/h3-5,8-9,15,18,20,28,33,35,38-39,44,47,50,52-54H,7,10-11,13-14,16-17,19,21-27H2,1-2H3,(H3,46,48,49)/t33-,35+,38+,39-,44-/m0/s1. The number of aromatic hydroxyl groups is 1. The van der Waals surface area contributed by atoms with Gasteiger partial charge in [0.15, 0.2) is 35.8 Å². The van der Waals surface area contributed by atoms with Crippen molar-refractivity contribution in [2.45, 2.75) is 90.1 Å². The van der Waals surface area contributed by atoms with Crippen LogP contribution in [-0.2, 0) is 36.9 Å². The minimum atomic E-state index is -1.16. The minimum Gasteiger partial charge on any atom is -0.504 e. The number of carbonyl (C=O) groups excluding carboxylic acids is 1. The normalized spacial score (nSPS) is 22.8. The zero-order chi connectivity index (χ0) is 41.7. The molecule has 0 spiro atoms. The van der Waals surface area contributed by atoms with Crippen molar-refractivity contribution >= 4 is 33.3 Å². The molecular weight excluding hydrogens is 789 g/mol. The van der Waals surface area contributed by atoms with Gasteiger partial charge in [-0.1, -0.05) is 89.7 Å². The molecule has 0 fully saturated rings. The Balaban J connectivity index is 1.35. The molecule has 2 heterocycles. The number of nitrogens with zero attached hydrogens (tertiary/aromatic N) is 1. The number of fused-ring (bicyclic) bond motifs is 5. The van der Waals surface area contributed by atoms with Crippen LogP contribution < -0.4 is 30.6 Å². The maximum Gasteiger partial charge on any atom is 0.201 e. The molecule has 12 nitrogen and oxygen atoms in total. The fourth-order valence-corrected chi connectivity index (χ4v) is 10.6. The maximum absolute atomic E-state index is 13.1. The molecule has 0 saturated carbocycles. The number of ether oxygens (including phenoxy) is 3. The Morgan fingerprint density at radius 2 is 1.83 bits per heavy atom. The molecular formula is C45H58N4O8S2. The molecule has 0 radical (unpaired) electrons. The molecule has 5 atom stereocenters. The molecule has 2 bridgehead atoms. The van der Waals surface area contributed by atoms with Gasteiger partial charge in [-0.3, -0.25) is 15.1 Å². The molecule has 6 rings (SSSR count). The molecule has 0 saturated heterocycles. The van der Waals surface area contributed by atoms with Gasteiger partial charge in [0.2, 0.25) is 6.29 Å². The van der Waals surface area contributed by atoms with E-state index in [1.165, 1.54) is 11.6 Å². The number of hydrogen-bond donors (Lipinski definition) is 7. The average Bonchev–Trinajstić information content (AvgIpc) is 3.22. The molecule has 8 N–H and O–H groups in total. The summed E-state index contributed by atoms with van der Waals surface area (Å²) in [6.45, 7) is 4.97. The highest BCUT2D eigenvalue weighted by atomic mass is 33.1. The predicted octanol–water partition coefficient (Wildman–Crippen LogP) is 4.88. The number of phenols is 1. The number of Topliss-reactive ketones (excluding diaryl/α,β-unsaturated/α-hetero) is 1. The number of nitrogens with one attached hydrogen (secondary N) is 2. The second kappa shape index (κ2) is 21.9. The van der Waals surface area contributed by atoms with E-state index in [1.807, 2.05) is 24.3 Å². The minimum absolute atomic E-state index is 0.00872. The number of phenolic OH excluding ortho intramolecular Hbond substituents is 1. The van der Waals surface area contributed by atoms with Gasteiger partial charge in [0, 0.05) is 60.4 Å². The molecule has 1 aliphatic carbocycles. The number of guanidine groups is 1. The van der Waals surface area contributed by atoms with Crippen LogP contribution in [0.4, 0.5) is 0 Å². The predicted molar refractivity (Wildman–Crippen MR) is 234 cm³/mol. The second-order valence-electron chi connectivity index (χ2n) is 15.8. The third-order valence-electron chi connectivity index (χ3n) is 11.2. The van der Waals surface area contributed by atoms with Crippen molar-refractivity contribution in [2.75, 3.05) is 38.1 Å². The van der Waals surface area contributed by atoms with Crippen molar-refractivity contribution in [3.05, 3.63) is 81.9 Å².